The van der Waals surface area contributed by atoms with Crippen molar-refractivity contribution in [1.82, 2.24) is 19.7 Å². The molecule has 3 aromatic rings. The molecule has 2 aromatic heterocycles. The molecule has 1 saturated heterocycles. The summed E-state index contributed by atoms with van der Waals surface area (Å²) in [6.07, 6.45) is 2.59. The topological polar surface area (TPSA) is 56.1 Å². The van der Waals surface area contributed by atoms with E-state index in [0.717, 1.165) is 34.5 Å². The average Bonchev–Trinajstić information content (AvgIpc) is 3.20. The molecule has 0 bridgehead atoms. The lowest BCUT2D eigenvalue weighted by Gasteiger charge is -2.27. The van der Waals surface area contributed by atoms with Crippen molar-refractivity contribution in [3.63, 3.8) is 0 Å². The summed E-state index contributed by atoms with van der Waals surface area (Å²) in [6, 6.07) is 6.74. The molecule has 2 atom stereocenters. The van der Waals surface area contributed by atoms with Crippen molar-refractivity contribution in [3.8, 4) is 0 Å². The van der Waals surface area contributed by atoms with Gasteiger partial charge in [0.1, 0.15) is 12.1 Å². The van der Waals surface area contributed by atoms with Gasteiger partial charge in [0.05, 0.1) is 17.7 Å². The first-order chi connectivity index (χ1) is 12.1. The van der Waals surface area contributed by atoms with E-state index in [2.05, 4.69) is 20.1 Å². The van der Waals surface area contributed by atoms with Crippen LogP contribution in [0, 0.1) is 12.7 Å². The van der Waals surface area contributed by atoms with E-state index in [9.17, 15) is 4.39 Å². The molecule has 1 aliphatic rings. The predicted octanol–water partition coefficient (Wildman–Crippen LogP) is 2.78. The molecule has 6 nitrogen and oxygen atoms in total. The van der Waals surface area contributed by atoms with E-state index in [-0.39, 0.29) is 18.0 Å². The van der Waals surface area contributed by atoms with Crippen LogP contribution in [0.15, 0.2) is 30.6 Å². The van der Waals surface area contributed by atoms with Crippen molar-refractivity contribution in [2.24, 2.45) is 7.05 Å². The van der Waals surface area contributed by atoms with Gasteiger partial charge in [0, 0.05) is 43.9 Å². The molecule has 0 radical (unpaired) electrons. The lowest BCUT2D eigenvalue weighted by molar-refractivity contribution is 0.118. The quantitative estimate of drug-likeness (QED) is 0.733. The number of aromatic nitrogens is 4. The number of anilines is 1. The Kier molecular flexibility index (Phi) is 3.88. The highest BCUT2D eigenvalue weighted by Gasteiger charge is 2.36. The molecule has 1 aromatic carbocycles. The van der Waals surface area contributed by atoms with Crippen LogP contribution >= 0.6 is 0 Å². The SMILES string of the molecule is CO[C@@H]1C[C@@H](c2nncn2C)N(c2cc(C)nc3ccc(F)cc23)C1. The second-order valence-electron chi connectivity index (χ2n) is 6.51. The van der Waals surface area contributed by atoms with E-state index < -0.39 is 0 Å². The number of nitrogens with zero attached hydrogens (tertiary/aromatic N) is 5. The molecule has 7 heteroatoms. The van der Waals surface area contributed by atoms with Crippen molar-refractivity contribution < 1.29 is 9.13 Å². The van der Waals surface area contributed by atoms with Crippen LogP contribution in [0.3, 0.4) is 0 Å². The summed E-state index contributed by atoms with van der Waals surface area (Å²) in [6.45, 7) is 2.66. The van der Waals surface area contributed by atoms with Gasteiger partial charge in [-0.1, -0.05) is 0 Å². The van der Waals surface area contributed by atoms with Crippen LogP contribution in [-0.4, -0.2) is 39.5 Å². The molecule has 130 valence electrons. The first-order valence-electron chi connectivity index (χ1n) is 8.27. The molecule has 25 heavy (non-hydrogen) atoms. The third-order valence-electron chi connectivity index (χ3n) is 4.83. The van der Waals surface area contributed by atoms with Crippen molar-refractivity contribution in [3.05, 3.63) is 47.9 Å². The number of ether oxygens (including phenoxy) is 1. The fraction of sp³-hybridized carbons (Fsp3) is 0.389. The predicted molar refractivity (Wildman–Crippen MR) is 92.9 cm³/mol. The van der Waals surface area contributed by atoms with Gasteiger partial charge in [-0.3, -0.25) is 4.98 Å². The fourth-order valence-electron chi connectivity index (χ4n) is 3.62. The van der Waals surface area contributed by atoms with Crippen LogP contribution in [0.4, 0.5) is 10.1 Å². The number of methoxy groups -OCH3 is 1. The molecular formula is C18H20FN5O. The molecule has 0 amide bonds. The minimum Gasteiger partial charge on any atom is -0.380 e. The molecule has 1 fully saturated rings. The van der Waals surface area contributed by atoms with Crippen molar-refractivity contribution in [1.29, 1.82) is 0 Å². The van der Waals surface area contributed by atoms with Gasteiger partial charge < -0.3 is 14.2 Å². The van der Waals surface area contributed by atoms with Crippen LogP contribution in [0.25, 0.3) is 10.9 Å². The zero-order chi connectivity index (χ0) is 17.6. The Morgan fingerprint density at radius 2 is 2.12 bits per heavy atom. The Balaban J connectivity index is 1.88. The summed E-state index contributed by atoms with van der Waals surface area (Å²) < 4.78 is 21.4. The molecule has 0 unspecified atom stereocenters. The van der Waals surface area contributed by atoms with Crippen LogP contribution in [0.2, 0.25) is 0 Å². The minimum atomic E-state index is -0.267. The zero-order valence-electron chi connectivity index (χ0n) is 14.5. The number of hydrogen-bond acceptors (Lipinski definition) is 5. The van der Waals surface area contributed by atoms with E-state index in [1.165, 1.54) is 6.07 Å². The highest BCUT2D eigenvalue weighted by atomic mass is 19.1. The van der Waals surface area contributed by atoms with E-state index in [1.807, 2.05) is 24.6 Å². The second-order valence-corrected chi connectivity index (χ2v) is 6.51. The van der Waals surface area contributed by atoms with Crippen LogP contribution < -0.4 is 4.90 Å². The lowest BCUT2D eigenvalue weighted by Crippen LogP contribution is -2.26. The molecule has 0 aliphatic carbocycles. The summed E-state index contributed by atoms with van der Waals surface area (Å²) in [5, 5.41) is 9.10. The summed E-state index contributed by atoms with van der Waals surface area (Å²) in [5.41, 5.74) is 2.63. The zero-order valence-corrected chi connectivity index (χ0v) is 14.5. The van der Waals surface area contributed by atoms with Crippen molar-refractivity contribution >= 4 is 16.6 Å². The summed E-state index contributed by atoms with van der Waals surface area (Å²) in [7, 11) is 3.65. The number of pyridine rings is 1. The largest absolute Gasteiger partial charge is 0.380 e. The maximum absolute atomic E-state index is 13.9. The summed E-state index contributed by atoms with van der Waals surface area (Å²) in [4.78, 5) is 6.77. The van der Waals surface area contributed by atoms with Crippen LogP contribution in [0.5, 0.6) is 0 Å². The first-order valence-corrected chi connectivity index (χ1v) is 8.27. The Bertz CT molecular complexity index is 925. The molecule has 1 aliphatic heterocycles. The van der Waals surface area contributed by atoms with Gasteiger partial charge in [0.2, 0.25) is 0 Å². The number of hydrogen-bond donors (Lipinski definition) is 0. The minimum absolute atomic E-state index is 0.0192. The Hall–Kier alpha value is -2.54. The molecular weight excluding hydrogens is 321 g/mol. The maximum atomic E-state index is 13.9. The van der Waals surface area contributed by atoms with Gasteiger partial charge >= 0.3 is 0 Å². The Labute approximate surface area is 145 Å². The highest BCUT2D eigenvalue weighted by Crippen LogP contribution is 2.39. The fourth-order valence-corrected chi connectivity index (χ4v) is 3.62. The highest BCUT2D eigenvalue weighted by molar-refractivity contribution is 5.92. The maximum Gasteiger partial charge on any atom is 0.155 e. The molecule has 3 heterocycles. The van der Waals surface area contributed by atoms with Gasteiger partial charge in [0.15, 0.2) is 5.82 Å². The van der Waals surface area contributed by atoms with Gasteiger partial charge in [-0.2, -0.15) is 0 Å². The third-order valence-corrected chi connectivity index (χ3v) is 4.83. The summed E-state index contributed by atoms with van der Waals surface area (Å²) >= 11 is 0. The van der Waals surface area contributed by atoms with Crippen LogP contribution in [-0.2, 0) is 11.8 Å². The average molecular weight is 341 g/mol. The number of fused-ring (bicyclic) bond motifs is 1. The number of aryl methyl sites for hydroxylation is 2. The van der Waals surface area contributed by atoms with Crippen molar-refractivity contribution in [2.75, 3.05) is 18.6 Å². The molecule has 0 spiro atoms. The van der Waals surface area contributed by atoms with E-state index in [4.69, 9.17) is 4.74 Å². The van der Waals surface area contributed by atoms with E-state index in [1.54, 1.807) is 25.6 Å². The third kappa shape index (κ3) is 2.74. The standard InChI is InChI=1S/C18H20FN5O/c1-11-6-16(14-7-12(19)4-5-15(14)21-11)24-9-13(25-3)8-17(24)18-22-20-10-23(18)2/h4-7,10,13,17H,8-9H2,1-3H3/t13-,17+/m1/s1. The van der Waals surface area contributed by atoms with E-state index in [0.29, 0.717) is 6.54 Å². The molecule has 0 N–H and O–H groups in total. The monoisotopic (exact) mass is 341 g/mol. The van der Waals surface area contributed by atoms with Gasteiger partial charge in [0.25, 0.3) is 0 Å². The van der Waals surface area contributed by atoms with E-state index >= 15 is 0 Å². The van der Waals surface area contributed by atoms with Gasteiger partial charge in [-0.25, -0.2) is 4.39 Å². The smallest absolute Gasteiger partial charge is 0.155 e. The number of rotatable bonds is 3. The molecule has 4 rings (SSSR count). The van der Waals surface area contributed by atoms with Gasteiger partial charge in [-0.05, 0) is 31.2 Å². The number of halogens is 1. The normalized spacial score (nSPS) is 20.6. The number of benzene rings is 1. The second kappa shape index (κ2) is 6.07. The lowest BCUT2D eigenvalue weighted by atomic mass is 10.1. The van der Waals surface area contributed by atoms with Gasteiger partial charge in [-0.15, -0.1) is 10.2 Å². The Morgan fingerprint density at radius 1 is 1.28 bits per heavy atom. The summed E-state index contributed by atoms with van der Waals surface area (Å²) in [5.74, 6) is 0.607. The van der Waals surface area contributed by atoms with Crippen LogP contribution in [0.1, 0.15) is 24.0 Å². The first kappa shape index (κ1) is 16.0. The Morgan fingerprint density at radius 3 is 2.84 bits per heavy atom. The van der Waals surface area contributed by atoms with Crippen molar-refractivity contribution in [2.45, 2.75) is 25.5 Å². The molecule has 0 saturated carbocycles.